The maximum absolute atomic E-state index is 10.8. The Bertz CT molecular complexity index is 442. The van der Waals surface area contributed by atoms with E-state index >= 15 is 0 Å². The number of aromatic nitrogens is 1. The van der Waals surface area contributed by atoms with Crippen LogP contribution in [0.2, 0.25) is 0 Å². The van der Waals surface area contributed by atoms with Crippen molar-refractivity contribution in [2.45, 2.75) is 58.1 Å². The smallest absolute Gasteiger partial charge is 0.137 e. The van der Waals surface area contributed by atoms with E-state index in [1.54, 1.807) is 12.4 Å². The van der Waals surface area contributed by atoms with E-state index in [2.05, 4.69) is 30.7 Å². The summed E-state index contributed by atoms with van der Waals surface area (Å²) in [6.07, 6.45) is 7.58. The Labute approximate surface area is 128 Å². The Morgan fingerprint density at radius 2 is 2.00 bits per heavy atom. The average Bonchev–Trinajstić information content (AvgIpc) is 2.53. The van der Waals surface area contributed by atoms with E-state index in [1.165, 1.54) is 19.3 Å². The average molecular weight is 292 g/mol. The molecular weight excluding hydrogens is 264 g/mol. The summed E-state index contributed by atoms with van der Waals surface area (Å²) in [4.78, 5) is 6.60. The zero-order chi connectivity index (χ0) is 15.3. The van der Waals surface area contributed by atoms with Gasteiger partial charge in [-0.1, -0.05) is 13.3 Å². The summed E-state index contributed by atoms with van der Waals surface area (Å²) >= 11 is 0. The first kappa shape index (κ1) is 16.2. The van der Waals surface area contributed by atoms with Crippen LogP contribution in [-0.4, -0.2) is 40.2 Å². The van der Waals surface area contributed by atoms with Gasteiger partial charge in [-0.3, -0.25) is 9.88 Å². The molecule has 118 valence electrons. The lowest BCUT2D eigenvalue weighted by atomic mass is 9.88. The fourth-order valence-corrected chi connectivity index (χ4v) is 2.94. The van der Waals surface area contributed by atoms with Crippen LogP contribution in [0.3, 0.4) is 0 Å². The molecule has 1 N–H and O–H groups in total. The molecule has 1 aliphatic rings. The molecule has 2 heterocycles. The number of pyridine rings is 1. The standard InChI is InChI=1S/C17H28N2O2/c1-4-10-21-15-11-14(12-18-13-15)16(20)17(2,3)19-8-6-5-7-9-19/h11-13,16,20H,4-10H2,1-3H3. The lowest BCUT2D eigenvalue weighted by Gasteiger charge is -2.44. The van der Waals surface area contributed by atoms with Crippen molar-refractivity contribution in [2.75, 3.05) is 19.7 Å². The molecule has 0 aliphatic carbocycles. The van der Waals surface area contributed by atoms with Crippen LogP contribution in [0.15, 0.2) is 18.5 Å². The van der Waals surface area contributed by atoms with E-state index in [1.807, 2.05) is 6.07 Å². The van der Waals surface area contributed by atoms with Crippen LogP contribution in [0, 0.1) is 0 Å². The highest BCUT2D eigenvalue weighted by Crippen LogP contribution is 2.33. The molecule has 0 spiro atoms. The van der Waals surface area contributed by atoms with Gasteiger partial charge in [0.1, 0.15) is 5.75 Å². The van der Waals surface area contributed by atoms with Crippen molar-refractivity contribution in [3.63, 3.8) is 0 Å². The normalized spacial score (nSPS) is 18.5. The van der Waals surface area contributed by atoms with Crippen molar-refractivity contribution in [3.8, 4) is 5.75 Å². The molecule has 1 fully saturated rings. The molecule has 1 unspecified atom stereocenters. The maximum Gasteiger partial charge on any atom is 0.137 e. The summed E-state index contributed by atoms with van der Waals surface area (Å²) < 4.78 is 5.62. The van der Waals surface area contributed by atoms with E-state index in [4.69, 9.17) is 4.74 Å². The Morgan fingerprint density at radius 1 is 1.29 bits per heavy atom. The van der Waals surface area contributed by atoms with E-state index in [-0.39, 0.29) is 5.54 Å². The van der Waals surface area contributed by atoms with E-state index < -0.39 is 6.10 Å². The number of likely N-dealkylation sites (tertiary alicyclic amines) is 1. The largest absolute Gasteiger partial charge is 0.492 e. The van der Waals surface area contributed by atoms with Crippen LogP contribution in [0.5, 0.6) is 5.75 Å². The fraction of sp³-hybridized carbons (Fsp3) is 0.706. The predicted molar refractivity (Wildman–Crippen MR) is 84.5 cm³/mol. The minimum atomic E-state index is -0.562. The summed E-state index contributed by atoms with van der Waals surface area (Å²) in [6.45, 7) is 9.10. The number of hydrogen-bond acceptors (Lipinski definition) is 4. The number of nitrogens with zero attached hydrogens (tertiary/aromatic N) is 2. The van der Waals surface area contributed by atoms with Gasteiger partial charge in [-0.25, -0.2) is 0 Å². The van der Waals surface area contributed by atoms with Crippen LogP contribution in [0.25, 0.3) is 0 Å². The van der Waals surface area contributed by atoms with Crippen molar-refractivity contribution < 1.29 is 9.84 Å². The van der Waals surface area contributed by atoms with E-state index in [0.717, 1.165) is 30.8 Å². The zero-order valence-corrected chi connectivity index (χ0v) is 13.5. The Morgan fingerprint density at radius 3 is 2.67 bits per heavy atom. The highest BCUT2D eigenvalue weighted by atomic mass is 16.5. The number of aliphatic hydroxyl groups excluding tert-OH is 1. The fourth-order valence-electron chi connectivity index (χ4n) is 2.94. The molecule has 1 aromatic heterocycles. The van der Waals surface area contributed by atoms with Crippen molar-refractivity contribution in [1.29, 1.82) is 0 Å². The topological polar surface area (TPSA) is 45.6 Å². The van der Waals surface area contributed by atoms with Gasteiger partial charge >= 0.3 is 0 Å². The number of piperidine rings is 1. The van der Waals surface area contributed by atoms with Gasteiger partial charge in [0.05, 0.1) is 18.9 Å². The third-order valence-corrected chi connectivity index (χ3v) is 4.36. The molecule has 2 rings (SSSR count). The molecule has 1 saturated heterocycles. The molecule has 0 aromatic carbocycles. The van der Waals surface area contributed by atoms with Crippen LogP contribution >= 0.6 is 0 Å². The van der Waals surface area contributed by atoms with E-state index in [0.29, 0.717) is 6.61 Å². The van der Waals surface area contributed by atoms with Gasteiger partial charge in [0.25, 0.3) is 0 Å². The molecule has 1 aliphatic heterocycles. The molecule has 1 aromatic rings. The second-order valence-corrected chi connectivity index (χ2v) is 6.41. The molecule has 4 nitrogen and oxygen atoms in total. The van der Waals surface area contributed by atoms with Crippen LogP contribution in [-0.2, 0) is 0 Å². The van der Waals surface area contributed by atoms with Gasteiger partial charge < -0.3 is 9.84 Å². The predicted octanol–water partition coefficient (Wildman–Crippen LogP) is 3.17. The minimum Gasteiger partial charge on any atom is -0.492 e. The number of rotatable bonds is 6. The molecule has 21 heavy (non-hydrogen) atoms. The minimum absolute atomic E-state index is 0.286. The van der Waals surface area contributed by atoms with Gasteiger partial charge in [0, 0.05) is 17.3 Å². The molecule has 0 saturated carbocycles. The SMILES string of the molecule is CCCOc1cncc(C(O)C(C)(C)N2CCCCC2)c1. The Balaban J connectivity index is 2.11. The lowest BCUT2D eigenvalue weighted by Crippen LogP contribution is -2.50. The Hall–Kier alpha value is -1.13. The van der Waals surface area contributed by atoms with Crippen molar-refractivity contribution in [2.24, 2.45) is 0 Å². The first-order chi connectivity index (χ1) is 10.1. The monoisotopic (exact) mass is 292 g/mol. The van der Waals surface area contributed by atoms with Crippen molar-refractivity contribution in [1.82, 2.24) is 9.88 Å². The molecule has 0 amide bonds. The van der Waals surface area contributed by atoms with Gasteiger partial charge in [-0.2, -0.15) is 0 Å². The van der Waals surface area contributed by atoms with E-state index in [9.17, 15) is 5.11 Å². The molecule has 4 heteroatoms. The quantitative estimate of drug-likeness (QED) is 0.875. The number of aliphatic hydroxyl groups is 1. The summed E-state index contributed by atoms with van der Waals surface area (Å²) in [5, 5.41) is 10.8. The summed E-state index contributed by atoms with van der Waals surface area (Å²) in [6, 6.07) is 1.92. The third kappa shape index (κ3) is 3.95. The molecule has 0 bridgehead atoms. The van der Waals surface area contributed by atoms with Crippen LogP contribution < -0.4 is 4.74 Å². The highest BCUT2D eigenvalue weighted by molar-refractivity contribution is 5.27. The third-order valence-electron chi connectivity index (χ3n) is 4.36. The maximum atomic E-state index is 10.8. The van der Waals surface area contributed by atoms with Crippen LogP contribution in [0.4, 0.5) is 0 Å². The first-order valence-electron chi connectivity index (χ1n) is 8.06. The molecular formula is C17H28N2O2. The molecule has 1 atom stereocenters. The van der Waals surface area contributed by atoms with Gasteiger partial charge in [-0.05, 0) is 52.3 Å². The van der Waals surface area contributed by atoms with Gasteiger partial charge in [0.15, 0.2) is 0 Å². The Kier molecular flexibility index (Phi) is 5.59. The summed E-state index contributed by atoms with van der Waals surface area (Å²) in [7, 11) is 0. The zero-order valence-electron chi connectivity index (χ0n) is 13.5. The summed E-state index contributed by atoms with van der Waals surface area (Å²) in [5.41, 5.74) is 0.546. The van der Waals surface area contributed by atoms with Crippen molar-refractivity contribution in [3.05, 3.63) is 24.0 Å². The lowest BCUT2D eigenvalue weighted by molar-refractivity contribution is -0.0211. The second kappa shape index (κ2) is 7.23. The van der Waals surface area contributed by atoms with Gasteiger partial charge in [-0.15, -0.1) is 0 Å². The van der Waals surface area contributed by atoms with Crippen molar-refractivity contribution >= 4 is 0 Å². The second-order valence-electron chi connectivity index (χ2n) is 6.41. The van der Waals surface area contributed by atoms with Crippen LogP contribution in [0.1, 0.15) is 58.1 Å². The summed E-state index contributed by atoms with van der Waals surface area (Å²) in [5.74, 6) is 0.739. The number of hydrogen-bond donors (Lipinski definition) is 1. The molecule has 0 radical (unpaired) electrons. The number of ether oxygens (including phenoxy) is 1. The highest BCUT2D eigenvalue weighted by Gasteiger charge is 2.36. The first-order valence-corrected chi connectivity index (χ1v) is 8.06. The van der Waals surface area contributed by atoms with Gasteiger partial charge in [0.2, 0.25) is 0 Å².